The van der Waals surface area contributed by atoms with Crippen molar-refractivity contribution in [1.29, 1.82) is 0 Å². The number of alkyl halides is 3. The predicted molar refractivity (Wildman–Crippen MR) is 127 cm³/mol. The molecule has 1 N–H and O–H groups in total. The molecule has 3 heterocycles. The highest BCUT2D eigenvalue weighted by Gasteiger charge is 2.30. The Hall–Kier alpha value is -3.37. The zero-order valence-corrected chi connectivity index (χ0v) is 19.3. The molecular weight excluding hydrogens is 459 g/mol. The molecule has 4 aromatic rings. The average molecular weight is 486 g/mol. The molecule has 0 atom stereocenters. The number of nitrogens with one attached hydrogen (secondary N) is 1. The molecule has 0 spiro atoms. The minimum Gasteiger partial charge on any atom is -0.379 e. The number of fused-ring (bicyclic) bond motifs is 3. The Balaban J connectivity index is 1.39. The zero-order valence-electron chi connectivity index (χ0n) is 19.3. The van der Waals surface area contributed by atoms with E-state index < -0.39 is 11.7 Å². The van der Waals surface area contributed by atoms with Crippen molar-refractivity contribution in [3.8, 4) is 5.69 Å². The Kier molecular flexibility index (Phi) is 6.24. The molecule has 7 nitrogen and oxygen atoms in total. The summed E-state index contributed by atoms with van der Waals surface area (Å²) in [5.41, 5.74) is 1.77. The topological polar surface area (TPSA) is 64.3 Å². The maximum atomic E-state index is 13.0. The number of rotatable bonds is 6. The number of morpholine rings is 1. The molecule has 2 aromatic heterocycles. The van der Waals surface area contributed by atoms with Crippen molar-refractivity contribution >= 4 is 27.8 Å². The van der Waals surface area contributed by atoms with E-state index in [-0.39, 0.29) is 5.91 Å². The van der Waals surface area contributed by atoms with Crippen LogP contribution in [0, 0.1) is 0 Å². The Morgan fingerprint density at radius 1 is 1.09 bits per heavy atom. The Morgan fingerprint density at radius 3 is 2.54 bits per heavy atom. The van der Waals surface area contributed by atoms with Gasteiger partial charge < -0.3 is 10.1 Å². The summed E-state index contributed by atoms with van der Waals surface area (Å²) in [4.78, 5) is 15.1. The lowest BCUT2D eigenvalue weighted by Gasteiger charge is -2.26. The molecule has 1 aliphatic heterocycles. The number of aryl methyl sites for hydroxylation is 1. The van der Waals surface area contributed by atoms with Crippen LogP contribution in [0.3, 0.4) is 0 Å². The van der Waals surface area contributed by atoms with E-state index in [1.807, 2.05) is 22.9 Å². The lowest BCUT2D eigenvalue weighted by atomic mass is 10.1. The first-order valence-electron chi connectivity index (χ1n) is 11.5. The Morgan fingerprint density at radius 2 is 1.83 bits per heavy atom. The molecule has 35 heavy (non-hydrogen) atoms. The third-order valence-electron chi connectivity index (χ3n) is 6.30. The minimum absolute atomic E-state index is 0.159. The molecule has 1 saturated heterocycles. The van der Waals surface area contributed by atoms with Gasteiger partial charge in [0.1, 0.15) is 0 Å². The van der Waals surface area contributed by atoms with Crippen molar-refractivity contribution in [3.63, 3.8) is 0 Å². The van der Waals surface area contributed by atoms with Gasteiger partial charge in [-0.05, 0) is 55.4 Å². The van der Waals surface area contributed by atoms with E-state index in [1.165, 1.54) is 12.1 Å². The fraction of sp³-hybridized carbons (Fsp3) is 0.360. The van der Waals surface area contributed by atoms with Gasteiger partial charge in [0, 0.05) is 54.9 Å². The lowest BCUT2D eigenvalue weighted by Crippen LogP contribution is -2.38. The number of aromatic nitrogens is 3. The summed E-state index contributed by atoms with van der Waals surface area (Å²) >= 11 is 0. The summed E-state index contributed by atoms with van der Waals surface area (Å²) in [5, 5.41) is 9.14. The number of nitrogens with zero attached hydrogens (tertiary/aromatic N) is 4. The number of amides is 1. The summed E-state index contributed by atoms with van der Waals surface area (Å²) in [6.07, 6.45) is -1.70. The monoisotopic (exact) mass is 485 g/mol. The lowest BCUT2D eigenvalue weighted by molar-refractivity contribution is -0.137. The van der Waals surface area contributed by atoms with Crippen LogP contribution in [0.1, 0.15) is 22.3 Å². The van der Waals surface area contributed by atoms with E-state index >= 15 is 0 Å². The van der Waals surface area contributed by atoms with Crippen molar-refractivity contribution in [1.82, 2.24) is 24.6 Å². The number of ether oxygens (including phenoxy) is 1. The normalized spacial score (nSPS) is 15.2. The van der Waals surface area contributed by atoms with Crippen LogP contribution in [0.5, 0.6) is 0 Å². The Labute approximate surface area is 200 Å². The molecule has 5 rings (SSSR count). The number of benzene rings is 2. The highest BCUT2D eigenvalue weighted by Crippen LogP contribution is 2.34. The van der Waals surface area contributed by atoms with Crippen LogP contribution in [0.4, 0.5) is 13.2 Å². The molecule has 1 fully saturated rings. The first-order chi connectivity index (χ1) is 16.8. The van der Waals surface area contributed by atoms with Crippen molar-refractivity contribution < 1.29 is 22.7 Å². The molecular formula is C25H26F3N5O2. The van der Waals surface area contributed by atoms with Gasteiger partial charge in [-0.1, -0.05) is 0 Å². The molecule has 0 bridgehead atoms. The minimum atomic E-state index is -4.40. The van der Waals surface area contributed by atoms with Gasteiger partial charge in [0.05, 0.1) is 24.3 Å². The number of carbonyl (C=O) groups excluding carboxylic acids is 1. The van der Waals surface area contributed by atoms with Crippen molar-refractivity contribution in [2.45, 2.75) is 12.6 Å². The fourth-order valence-corrected chi connectivity index (χ4v) is 4.53. The van der Waals surface area contributed by atoms with Gasteiger partial charge in [-0.25, -0.2) is 0 Å². The summed E-state index contributed by atoms with van der Waals surface area (Å²) in [7, 11) is 1.79. The molecule has 0 saturated carbocycles. The fourth-order valence-electron chi connectivity index (χ4n) is 4.53. The second kappa shape index (κ2) is 9.35. The first-order valence-corrected chi connectivity index (χ1v) is 11.5. The van der Waals surface area contributed by atoms with E-state index in [2.05, 4.69) is 15.3 Å². The number of halogens is 3. The molecule has 10 heteroatoms. The molecule has 0 unspecified atom stereocenters. The van der Waals surface area contributed by atoms with Crippen LogP contribution in [-0.4, -0.2) is 64.5 Å². The van der Waals surface area contributed by atoms with Gasteiger partial charge in [0.2, 0.25) is 0 Å². The SMILES string of the molecule is Cn1cc2c3cc(C(=O)NCCCN4CCOCC4)ccc3n(-c3ccc(C(F)(F)F)cc3)c2n1. The van der Waals surface area contributed by atoms with Crippen molar-refractivity contribution in [2.75, 3.05) is 39.4 Å². The summed E-state index contributed by atoms with van der Waals surface area (Å²) in [6, 6.07) is 10.4. The molecule has 2 aromatic carbocycles. The van der Waals surface area contributed by atoms with Crippen LogP contribution < -0.4 is 5.32 Å². The number of hydrogen-bond donors (Lipinski definition) is 1. The van der Waals surface area contributed by atoms with Crippen molar-refractivity contribution in [2.24, 2.45) is 7.05 Å². The van der Waals surface area contributed by atoms with E-state index in [4.69, 9.17) is 4.74 Å². The highest BCUT2D eigenvalue weighted by atomic mass is 19.4. The van der Waals surface area contributed by atoms with Crippen LogP contribution in [0.2, 0.25) is 0 Å². The van der Waals surface area contributed by atoms with Gasteiger partial charge in [0.25, 0.3) is 5.91 Å². The molecule has 0 radical (unpaired) electrons. The van der Waals surface area contributed by atoms with Gasteiger partial charge in [0.15, 0.2) is 5.65 Å². The van der Waals surface area contributed by atoms with Crippen LogP contribution in [0.15, 0.2) is 48.7 Å². The molecule has 1 amide bonds. The zero-order chi connectivity index (χ0) is 24.6. The maximum absolute atomic E-state index is 13.0. The number of hydrogen-bond acceptors (Lipinski definition) is 4. The molecule has 0 aliphatic carbocycles. The van der Waals surface area contributed by atoms with E-state index in [9.17, 15) is 18.0 Å². The summed E-state index contributed by atoms with van der Waals surface area (Å²) < 4.78 is 47.9. The van der Waals surface area contributed by atoms with E-state index in [0.29, 0.717) is 23.4 Å². The summed E-state index contributed by atoms with van der Waals surface area (Å²) in [5.74, 6) is -0.159. The highest BCUT2D eigenvalue weighted by molar-refractivity contribution is 6.10. The van der Waals surface area contributed by atoms with Gasteiger partial charge in [-0.3, -0.25) is 18.9 Å². The number of carbonyl (C=O) groups is 1. The first kappa shape index (κ1) is 23.4. The maximum Gasteiger partial charge on any atom is 0.416 e. The van der Waals surface area contributed by atoms with Crippen LogP contribution in [0.25, 0.3) is 27.6 Å². The quantitative estimate of drug-likeness (QED) is 0.420. The smallest absolute Gasteiger partial charge is 0.379 e. The summed E-state index contributed by atoms with van der Waals surface area (Å²) in [6.45, 7) is 4.82. The van der Waals surface area contributed by atoms with E-state index in [0.717, 1.165) is 67.7 Å². The third kappa shape index (κ3) is 4.76. The van der Waals surface area contributed by atoms with Crippen molar-refractivity contribution in [3.05, 3.63) is 59.8 Å². The predicted octanol–water partition coefficient (Wildman–Crippen LogP) is 3.99. The third-order valence-corrected chi connectivity index (χ3v) is 6.30. The van der Waals surface area contributed by atoms with Gasteiger partial charge in [-0.15, -0.1) is 0 Å². The molecule has 1 aliphatic rings. The second-order valence-corrected chi connectivity index (χ2v) is 8.72. The Bertz CT molecular complexity index is 1350. The molecule has 184 valence electrons. The van der Waals surface area contributed by atoms with Gasteiger partial charge in [-0.2, -0.15) is 18.3 Å². The van der Waals surface area contributed by atoms with Gasteiger partial charge >= 0.3 is 6.18 Å². The standard InChI is InChI=1S/C25H26F3N5O2/c1-31-16-21-20-15-17(24(34)29-9-2-10-32-11-13-35-14-12-32)3-8-22(20)33(23(21)30-31)19-6-4-18(5-7-19)25(26,27)28/h3-8,15-16H,2,9-14H2,1H3,(H,29,34). The largest absolute Gasteiger partial charge is 0.416 e. The van der Waals surface area contributed by atoms with Crippen LogP contribution in [-0.2, 0) is 18.0 Å². The van der Waals surface area contributed by atoms with E-state index in [1.54, 1.807) is 17.8 Å². The van der Waals surface area contributed by atoms with Crippen LogP contribution >= 0.6 is 0 Å². The second-order valence-electron chi connectivity index (χ2n) is 8.72. The average Bonchev–Trinajstić information content (AvgIpc) is 3.36.